The van der Waals surface area contributed by atoms with E-state index in [-0.39, 0.29) is 0 Å². The van der Waals surface area contributed by atoms with E-state index >= 15 is 0 Å². The summed E-state index contributed by atoms with van der Waals surface area (Å²) in [6.07, 6.45) is 4.77. The van der Waals surface area contributed by atoms with Crippen molar-refractivity contribution in [2.24, 2.45) is 5.92 Å². The first-order valence-electron chi connectivity index (χ1n) is 3.52. The number of hydrogen-bond donors (Lipinski definition) is 1. The molecule has 0 atom stereocenters. The van der Waals surface area contributed by atoms with Crippen molar-refractivity contribution < 1.29 is 8.42 Å². The lowest BCUT2D eigenvalue weighted by atomic mass is 10.3. The number of sulfonamides is 1. The molecule has 0 heterocycles. The molecule has 1 aliphatic rings. The van der Waals surface area contributed by atoms with Gasteiger partial charge in [-0.3, -0.25) is 0 Å². The summed E-state index contributed by atoms with van der Waals surface area (Å²) in [5.74, 6) is 0.800. The average Bonchev–Trinajstić information content (AvgIpc) is 2.45. The molecule has 0 aliphatic heterocycles. The SMILES string of the molecule is CS(=O)(=O)NCCC1CC1. The quantitative estimate of drug-likeness (QED) is 0.649. The van der Waals surface area contributed by atoms with Crippen molar-refractivity contribution in [3.8, 4) is 0 Å². The van der Waals surface area contributed by atoms with E-state index in [0.717, 1.165) is 12.3 Å². The molecule has 0 radical (unpaired) electrons. The van der Waals surface area contributed by atoms with Gasteiger partial charge in [0, 0.05) is 6.54 Å². The van der Waals surface area contributed by atoms with Crippen molar-refractivity contribution in [3.63, 3.8) is 0 Å². The topological polar surface area (TPSA) is 46.2 Å². The van der Waals surface area contributed by atoms with Gasteiger partial charge < -0.3 is 0 Å². The van der Waals surface area contributed by atoms with Gasteiger partial charge in [-0.2, -0.15) is 0 Å². The highest BCUT2D eigenvalue weighted by Crippen LogP contribution is 2.31. The van der Waals surface area contributed by atoms with Gasteiger partial charge in [0.05, 0.1) is 6.26 Å². The maximum Gasteiger partial charge on any atom is 0.208 e. The normalized spacial score (nSPS) is 19.3. The molecule has 10 heavy (non-hydrogen) atoms. The molecule has 3 nitrogen and oxygen atoms in total. The molecule has 60 valence electrons. The van der Waals surface area contributed by atoms with Crippen LogP contribution in [0.2, 0.25) is 0 Å². The number of nitrogens with one attached hydrogen (secondary N) is 1. The molecule has 1 fully saturated rings. The third-order valence-corrected chi connectivity index (χ3v) is 2.34. The Morgan fingerprint density at radius 2 is 2.10 bits per heavy atom. The number of rotatable bonds is 4. The number of hydrogen-bond acceptors (Lipinski definition) is 2. The standard InChI is InChI=1S/C6H13NO2S/c1-10(8,9)7-5-4-6-2-3-6/h6-7H,2-5H2,1H3. The minimum Gasteiger partial charge on any atom is -0.215 e. The van der Waals surface area contributed by atoms with E-state index in [0.29, 0.717) is 6.54 Å². The predicted molar refractivity (Wildman–Crippen MR) is 40.2 cm³/mol. The fourth-order valence-electron chi connectivity index (χ4n) is 0.855. The van der Waals surface area contributed by atoms with Crippen LogP contribution in [0.3, 0.4) is 0 Å². The van der Waals surface area contributed by atoms with Crippen LogP contribution in [-0.4, -0.2) is 21.2 Å². The molecule has 1 N–H and O–H groups in total. The summed E-state index contributed by atoms with van der Waals surface area (Å²) in [6, 6.07) is 0. The highest BCUT2D eigenvalue weighted by Gasteiger charge is 2.20. The van der Waals surface area contributed by atoms with Crippen molar-refractivity contribution >= 4 is 10.0 Å². The Morgan fingerprint density at radius 3 is 2.50 bits per heavy atom. The van der Waals surface area contributed by atoms with Crippen molar-refractivity contribution in [2.45, 2.75) is 19.3 Å². The van der Waals surface area contributed by atoms with Gasteiger partial charge in [-0.15, -0.1) is 0 Å². The molecule has 0 bridgehead atoms. The molecule has 1 saturated carbocycles. The Hall–Kier alpha value is -0.0900. The predicted octanol–water partition coefficient (Wildman–Crippen LogP) is 0.336. The molecule has 0 aromatic rings. The van der Waals surface area contributed by atoms with Crippen LogP contribution >= 0.6 is 0 Å². The average molecular weight is 163 g/mol. The van der Waals surface area contributed by atoms with Crippen LogP contribution in [0.4, 0.5) is 0 Å². The summed E-state index contributed by atoms with van der Waals surface area (Å²) in [4.78, 5) is 0. The minimum absolute atomic E-state index is 0.615. The van der Waals surface area contributed by atoms with E-state index < -0.39 is 10.0 Å². The van der Waals surface area contributed by atoms with Gasteiger partial charge in [0.1, 0.15) is 0 Å². The first kappa shape index (κ1) is 8.01. The van der Waals surface area contributed by atoms with Gasteiger partial charge in [-0.25, -0.2) is 13.1 Å². The zero-order valence-corrected chi connectivity index (χ0v) is 6.95. The molecular formula is C6H13NO2S. The van der Waals surface area contributed by atoms with E-state index in [2.05, 4.69) is 4.72 Å². The molecule has 4 heteroatoms. The fourth-order valence-corrected chi connectivity index (χ4v) is 1.34. The van der Waals surface area contributed by atoms with Crippen molar-refractivity contribution in [1.82, 2.24) is 4.72 Å². The summed E-state index contributed by atoms with van der Waals surface area (Å²) in [6.45, 7) is 0.615. The lowest BCUT2D eigenvalue weighted by Crippen LogP contribution is -2.23. The maximum atomic E-state index is 10.5. The highest BCUT2D eigenvalue weighted by atomic mass is 32.2. The van der Waals surface area contributed by atoms with Gasteiger partial charge in [0.15, 0.2) is 0 Å². The second-order valence-electron chi connectivity index (χ2n) is 2.90. The van der Waals surface area contributed by atoms with Crippen LogP contribution in [0.25, 0.3) is 0 Å². The summed E-state index contributed by atoms with van der Waals surface area (Å²) < 4.78 is 23.5. The van der Waals surface area contributed by atoms with Crippen molar-refractivity contribution in [1.29, 1.82) is 0 Å². The summed E-state index contributed by atoms with van der Waals surface area (Å²) in [5.41, 5.74) is 0. The van der Waals surface area contributed by atoms with Crippen LogP contribution in [0.1, 0.15) is 19.3 Å². The van der Waals surface area contributed by atoms with E-state index in [4.69, 9.17) is 0 Å². The van der Waals surface area contributed by atoms with Gasteiger partial charge in [-0.05, 0) is 12.3 Å². The highest BCUT2D eigenvalue weighted by molar-refractivity contribution is 7.88. The minimum atomic E-state index is -2.94. The first-order valence-corrected chi connectivity index (χ1v) is 5.42. The van der Waals surface area contributed by atoms with Gasteiger partial charge >= 0.3 is 0 Å². The summed E-state index contributed by atoms with van der Waals surface area (Å²) in [7, 11) is -2.94. The van der Waals surface area contributed by atoms with Gasteiger partial charge in [0.25, 0.3) is 0 Å². The lowest BCUT2D eigenvalue weighted by molar-refractivity contribution is 0.581. The Morgan fingerprint density at radius 1 is 1.50 bits per heavy atom. The smallest absolute Gasteiger partial charge is 0.208 e. The Balaban J connectivity index is 2.04. The van der Waals surface area contributed by atoms with Crippen LogP contribution < -0.4 is 4.72 Å². The van der Waals surface area contributed by atoms with E-state index in [1.807, 2.05) is 0 Å². The van der Waals surface area contributed by atoms with E-state index in [9.17, 15) is 8.42 Å². The zero-order valence-electron chi connectivity index (χ0n) is 6.13. The molecule has 0 saturated heterocycles. The third kappa shape index (κ3) is 3.85. The van der Waals surface area contributed by atoms with Crippen LogP contribution in [-0.2, 0) is 10.0 Å². The summed E-state index contributed by atoms with van der Waals surface area (Å²) >= 11 is 0. The Kier molecular flexibility index (Phi) is 2.31. The third-order valence-electron chi connectivity index (χ3n) is 1.61. The molecule has 0 amide bonds. The largest absolute Gasteiger partial charge is 0.215 e. The van der Waals surface area contributed by atoms with Crippen molar-refractivity contribution in [3.05, 3.63) is 0 Å². The van der Waals surface area contributed by atoms with Crippen molar-refractivity contribution in [2.75, 3.05) is 12.8 Å². The van der Waals surface area contributed by atoms with E-state index in [1.54, 1.807) is 0 Å². The van der Waals surface area contributed by atoms with Crippen LogP contribution in [0.5, 0.6) is 0 Å². The molecule has 1 aliphatic carbocycles. The van der Waals surface area contributed by atoms with Gasteiger partial charge in [-0.1, -0.05) is 12.8 Å². The van der Waals surface area contributed by atoms with Crippen LogP contribution in [0.15, 0.2) is 0 Å². The lowest BCUT2D eigenvalue weighted by Gasteiger charge is -1.98. The second kappa shape index (κ2) is 2.88. The monoisotopic (exact) mass is 163 g/mol. The Labute approximate surface area is 61.9 Å². The Bertz CT molecular complexity index is 194. The molecular weight excluding hydrogens is 150 g/mol. The zero-order chi connectivity index (χ0) is 7.61. The molecule has 1 rings (SSSR count). The fraction of sp³-hybridized carbons (Fsp3) is 1.00. The maximum absolute atomic E-state index is 10.5. The van der Waals surface area contributed by atoms with Gasteiger partial charge in [0.2, 0.25) is 10.0 Å². The molecule has 0 aromatic carbocycles. The van der Waals surface area contributed by atoms with E-state index in [1.165, 1.54) is 19.1 Å². The second-order valence-corrected chi connectivity index (χ2v) is 4.73. The summed E-state index contributed by atoms with van der Waals surface area (Å²) in [5, 5.41) is 0. The van der Waals surface area contributed by atoms with Crippen LogP contribution in [0, 0.1) is 5.92 Å². The first-order chi connectivity index (χ1) is 4.58. The molecule has 0 aromatic heterocycles. The molecule has 0 unspecified atom stereocenters. The molecule has 0 spiro atoms.